The molecule has 0 radical (unpaired) electrons. The van der Waals surface area contributed by atoms with Crippen molar-refractivity contribution >= 4 is 11.7 Å². The lowest BCUT2D eigenvalue weighted by Gasteiger charge is -2.24. The Labute approximate surface area is 156 Å². The average Bonchev–Trinajstić information content (AvgIpc) is 3.16. The van der Waals surface area contributed by atoms with Crippen molar-refractivity contribution in [1.29, 1.82) is 0 Å². The number of rotatable bonds is 7. The Hall–Kier alpha value is -1.82. The summed E-state index contributed by atoms with van der Waals surface area (Å²) >= 11 is 0. The fourth-order valence-corrected chi connectivity index (χ4v) is 4.08. The third-order valence-corrected chi connectivity index (χ3v) is 5.76. The highest BCUT2D eigenvalue weighted by Gasteiger charge is 2.33. The smallest absolute Gasteiger partial charge is 0.236 e. The van der Waals surface area contributed by atoms with E-state index in [4.69, 9.17) is 4.74 Å². The summed E-state index contributed by atoms with van der Waals surface area (Å²) in [6.07, 6.45) is 7.73. The normalized spacial score (nSPS) is 23.1. The Morgan fingerprint density at radius 2 is 2.08 bits per heavy atom. The van der Waals surface area contributed by atoms with Crippen LogP contribution in [0.15, 0.2) is 18.3 Å². The van der Waals surface area contributed by atoms with Gasteiger partial charge in [-0.15, -0.1) is 0 Å². The van der Waals surface area contributed by atoms with Crippen LogP contribution in [-0.2, 0) is 4.79 Å². The predicted octanol–water partition coefficient (Wildman–Crippen LogP) is 2.15. The SMILES string of the molecule is CCN(CC(=O)N1CCC(Oc2cccnc2N2CCCC2)C1)C1CC1. The van der Waals surface area contributed by atoms with E-state index in [0.717, 1.165) is 44.2 Å². The van der Waals surface area contributed by atoms with Gasteiger partial charge in [0, 0.05) is 38.3 Å². The Morgan fingerprint density at radius 3 is 2.81 bits per heavy atom. The van der Waals surface area contributed by atoms with E-state index in [2.05, 4.69) is 21.7 Å². The number of likely N-dealkylation sites (N-methyl/N-ethyl adjacent to an activating group) is 1. The molecule has 2 aliphatic heterocycles. The number of nitrogens with zero attached hydrogens (tertiary/aromatic N) is 4. The molecule has 2 saturated heterocycles. The number of carbonyl (C=O) groups is 1. The molecule has 1 aromatic rings. The van der Waals surface area contributed by atoms with Gasteiger partial charge in [-0.1, -0.05) is 6.92 Å². The molecule has 1 unspecified atom stereocenters. The molecule has 4 rings (SSSR count). The third-order valence-electron chi connectivity index (χ3n) is 5.76. The standard InChI is InChI=1S/C20H30N4O2/c1-2-22(16-7-8-16)15-19(25)24-13-9-17(14-24)26-18-6-5-10-21-20(18)23-11-3-4-12-23/h5-6,10,16-17H,2-4,7-9,11-15H2,1H3. The predicted molar refractivity (Wildman–Crippen MR) is 102 cm³/mol. The first-order valence-electron chi connectivity index (χ1n) is 10.1. The first-order valence-corrected chi connectivity index (χ1v) is 10.1. The molecule has 142 valence electrons. The van der Waals surface area contributed by atoms with E-state index < -0.39 is 0 Å². The van der Waals surface area contributed by atoms with Crippen molar-refractivity contribution in [2.75, 3.05) is 44.2 Å². The molecule has 6 heteroatoms. The molecule has 1 saturated carbocycles. The number of aromatic nitrogens is 1. The first-order chi connectivity index (χ1) is 12.7. The summed E-state index contributed by atoms with van der Waals surface area (Å²) in [5.74, 6) is 2.07. The molecule has 0 N–H and O–H groups in total. The minimum Gasteiger partial charge on any atom is -0.485 e. The number of pyridine rings is 1. The van der Waals surface area contributed by atoms with Gasteiger partial charge in [-0.3, -0.25) is 9.69 Å². The zero-order chi connectivity index (χ0) is 17.9. The number of anilines is 1. The zero-order valence-corrected chi connectivity index (χ0v) is 15.8. The van der Waals surface area contributed by atoms with Crippen LogP contribution in [0.1, 0.15) is 39.0 Å². The Bertz CT molecular complexity index is 628. The van der Waals surface area contributed by atoms with Gasteiger partial charge in [-0.25, -0.2) is 4.98 Å². The minimum atomic E-state index is 0.0699. The van der Waals surface area contributed by atoms with Gasteiger partial charge < -0.3 is 14.5 Å². The summed E-state index contributed by atoms with van der Waals surface area (Å²) in [6.45, 7) is 7.25. The number of carbonyl (C=O) groups excluding carboxylic acids is 1. The van der Waals surface area contributed by atoms with Gasteiger partial charge in [-0.05, 0) is 44.4 Å². The highest BCUT2D eigenvalue weighted by atomic mass is 16.5. The molecule has 1 atom stereocenters. The van der Waals surface area contributed by atoms with Crippen LogP contribution in [-0.4, -0.2) is 72.1 Å². The van der Waals surface area contributed by atoms with Crippen LogP contribution in [0.2, 0.25) is 0 Å². The molecule has 0 spiro atoms. The van der Waals surface area contributed by atoms with Crippen LogP contribution < -0.4 is 9.64 Å². The summed E-state index contributed by atoms with van der Waals surface area (Å²) in [4.78, 5) is 23.8. The molecule has 0 bridgehead atoms. The minimum absolute atomic E-state index is 0.0699. The van der Waals surface area contributed by atoms with Crippen molar-refractivity contribution in [3.05, 3.63) is 18.3 Å². The van der Waals surface area contributed by atoms with Crippen LogP contribution in [0.3, 0.4) is 0 Å². The lowest BCUT2D eigenvalue weighted by Crippen LogP contribution is -2.40. The molecular formula is C20H30N4O2. The molecule has 26 heavy (non-hydrogen) atoms. The highest BCUT2D eigenvalue weighted by Crippen LogP contribution is 2.30. The van der Waals surface area contributed by atoms with Gasteiger partial charge in [0.2, 0.25) is 5.91 Å². The maximum Gasteiger partial charge on any atom is 0.236 e. The topological polar surface area (TPSA) is 48.9 Å². The number of likely N-dealkylation sites (tertiary alicyclic amines) is 1. The Morgan fingerprint density at radius 1 is 1.27 bits per heavy atom. The average molecular weight is 358 g/mol. The monoisotopic (exact) mass is 358 g/mol. The molecule has 3 fully saturated rings. The van der Waals surface area contributed by atoms with Gasteiger partial charge in [-0.2, -0.15) is 0 Å². The molecule has 1 aromatic heterocycles. The summed E-state index contributed by atoms with van der Waals surface area (Å²) in [7, 11) is 0. The van der Waals surface area contributed by atoms with E-state index >= 15 is 0 Å². The fourth-order valence-electron chi connectivity index (χ4n) is 4.08. The zero-order valence-electron chi connectivity index (χ0n) is 15.8. The van der Waals surface area contributed by atoms with E-state index in [1.54, 1.807) is 0 Å². The summed E-state index contributed by atoms with van der Waals surface area (Å²) < 4.78 is 6.28. The third kappa shape index (κ3) is 3.95. The molecule has 3 aliphatic rings. The summed E-state index contributed by atoms with van der Waals surface area (Å²) in [5.41, 5.74) is 0. The second-order valence-corrected chi connectivity index (χ2v) is 7.68. The number of amides is 1. The van der Waals surface area contributed by atoms with Gasteiger partial charge in [0.1, 0.15) is 6.10 Å². The molecular weight excluding hydrogens is 328 g/mol. The van der Waals surface area contributed by atoms with E-state index in [1.807, 2.05) is 23.2 Å². The molecule has 3 heterocycles. The largest absolute Gasteiger partial charge is 0.485 e. The van der Waals surface area contributed by atoms with Crippen LogP contribution >= 0.6 is 0 Å². The first kappa shape index (κ1) is 17.6. The van der Waals surface area contributed by atoms with E-state index in [1.165, 1.54) is 25.7 Å². The number of ether oxygens (including phenoxy) is 1. The van der Waals surface area contributed by atoms with Crippen molar-refractivity contribution in [3.63, 3.8) is 0 Å². The van der Waals surface area contributed by atoms with Crippen molar-refractivity contribution in [2.24, 2.45) is 0 Å². The highest BCUT2D eigenvalue weighted by molar-refractivity contribution is 5.78. The van der Waals surface area contributed by atoms with Gasteiger partial charge in [0.15, 0.2) is 11.6 Å². The molecule has 1 amide bonds. The van der Waals surface area contributed by atoms with Crippen molar-refractivity contribution in [3.8, 4) is 5.75 Å². The van der Waals surface area contributed by atoms with Gasteiger partial charge in [0.25, 0.3) is 0 Å². The fraction of sp³-hybridized carbons (Fsp3) is 0.700. The number of hydrogen-bond acceptors (Lipinski definition) is 5. The summed E-state index contributed by atoms with van der Waals surface area (Å²) in [6, 6.07) is 4.58. The second-order valence-electron chi connectivity index (χ2n) is 7.68. The molecule has 0 aromatic carbocycles. The van der Waals surface area contributed by atoms with Crippen LogP contribution in [0, 0.1) is 0 Å². The van der Waals surface area contributed by atoms with E-state index in [9.17, 15) is 4.79 Å². The lowest BCUT2D eigenvalue weighted by molar-refractivity contribution is -0.131. The van der Waals surface area contributed by atoms with Crippen molar-refractivity contribution < 1.29 is 9.53 Å². The van der Waals surface area contributed by atoms with Gasteiger partial charge in [0.05, 0.1) is 13.1 Å². The van der Waals surface area contributed by atoms with Crippen LogP contribution in [0.25, 0.3) is 0 Å². The lowest BCUT2D eigenvalue weighted by atomic mass is 10.3. The van der Waals surface area contributed by atoms with Crippen LogP contribution in [0.4, 0.5) is 5.82 Å². The Balaban J connectivity index is 1.34. The van der Waals surface area contributed by atoms with Crippen molar-refractivity contribution in [2.45, 2.75) is 51.2 Å². The maximum atomic E-state index is 12.6. The Kier molecular flexibility index (Phi) is 5.29. The maximum absolute atomic E-state index is 12.6. The second kappa shape index (κ2) is 7.82. The molecule has 1 aliphatic carbocycles. The van der Waals surface area contributed by atoms with Crippen LogP contribution in [0.5, 0.6) is 5.75 Å². The van der Waals surface area contributed by atoms with Gasteiger partial charge >= 0.3 is 0 Å². The molecule has 6 nitrogen and oxygen atoms in total. The number of hydrogen-bond donors (Lipinski definition) is 0. The summed E-state index contributed by atoms with van der Waals surface area (Å²) in [5, 5.41) is 0. The van der Waals surface area contributed by atoms with E-state index in [-0.39, 0.29) is 12.0 Å². The van der Waals surface area contributed by atoms with E-state index in [0.29, 0.717) is 19.1 Å². The quantitative estimate of drug-likeness (QED) is 0.747. The van der Waals surface area contributed by atoms with Crippen molar-refractivity contribution in [1.82, 2.24) is 14.8 Å².